The zero-order valence-electron chi connectivity index (χ0n) is 18.9. The quantitative estimate of drug-likeness (QED) is 0.355. The Morgan fingerprint density at radius 3 is 2.40 bits per heavy atom. The van der Waals surface area contributed by atoms with E-state index in [2.05, 4.69) is 21.4 Å². The Kier molecular flexibility index (Phi) is 5.92. The molecule has 0 aliphatic heterocycles. The van der Waals surface area contributed by atoms with Gasteiger partial charge in [0.05, 0.1) is 16.6 Å². The number of alkyl halides is 3. The maximum atomic E-state index is 13.2. The van der Waals surface area contributed by atoms with Gasteiger partial charge in [-0.05, 0) is 68.5 Å². The van der Waals surface area contributed by atoms with E-state index >= 15 is 0 Å². The number of aromatic nitrogens is 3. The molecule has 0 spiro atoms. The summed E-state index contributed by atoms with van der Waals surface area (Å²) in [7, 11) is 0. The average molecular weight is 480 g/mol. The molecule has 2 heterocycles. The lowest BCUT2D eigenvalue weighted by Crippen LogP contribution is -2.26. The van der Waals surface area contributed by atoms with Crippen molar-refractivity contribution in [3.8, 4) is 5.69 Å². The van der Waals surface area contributed by atoms with E-state index in [0.717, 1.165) is 37.8 Å². The lowest BCUT2D eigenvalue weighted by Gasteiger charge is -2.13. The first-order chi connectivity index (χ1) is 16.8. The van der Waals surface area contributed by atoms with Crippen molar-refractivity contribution in [3.05, 3.63) is 71.3 Å². The highest BCUT2D eigenvalue weighted by atomic mass is 19.4. The van der Waals surface area contributed by atoms with Crippen LogP contribution in [0.25, 0.3) is 27.9 Å². The second-order valence-electron chi connectivity index (χ2n) is 8.64. The van der Waals surface area contributed by atoms with E-state index in [4.69, 9.17) is 5.73 Å². The molecular weight excluding hydrogens is 455 g/mol. The maximum absolute atomic E-state index is 13.2. The number of nitrogens with one attached hydrogen (secondary N) is 1. The smallest absolute Gasteiger partial charge is 0.384 e. The molecular formula is C26H24F3N5O. The van der Waals surface area contributed by atoms with E-state index in [9.17, 15) is 18.0 Å². The molecule has 0 unspecified atom stereocenters. The number of carbonyl (C=O) groups is 1. The molecule has 2 aromatic heterocycles. The number of nitrogen functional groups attached to an aromatic ring is 1. The average Bonchev–Trinajstić information content (AvgIpc) is 3.13. The third kappa shape index (κ3) is 4.45. The SMILES string of the molecule is Nc1c(C(=O)NCCC2=CCCCC2)c2nc3ccccc3nc2n1-c1ccc(C(F)(F)F)cc1. The Labute approximate surface area is 199 Å². The molecule has 3 N–H and O–H groups in total. The Morgan fingerprint density at radius 2 is 1.74 bits per heavy atom. The zero-order chi connectivity index (χ0) is 24.6. The van der Waals surface area contributed by atoms with Gasteiger partial charge < -0.3 is 11.1 Å². The van der Waals surface area contributed by atoms with Gasteiger partial charge in [-0.15, -0.1) is 0 Å². The number of nitrogens with zero attached hydrogens (tertiary/aromatic N) is 3. The Balaban J connectivity index is 1.56. The van der Waals surface area contributed by atoms with Crippen LogP contribution in [0.15, 0.2) is 60.2 Å². The van der Waals surface area contributed by atoms with Crippen LogP contribution in [0.3, 0.4) is 0 Å². The minimum absolute atomic E-state index is 0.0736. The second-order valence-corrected chi connectivity index (χ2v) is 8.64. The lowest BCUT2D eigenvalue weighted by molar-refractivity contribution is -0.137. The molecule has 1 aliphatic carbocycles. The molecule has 0 radical (unpaired) electrons. The molecule has 0 fully saturated rings. The van der Waals surface area contributed by atoms with Gasteiger partial charge in [-0.1, -0.05) is 23.8 Å². The van der Waals surface area contributed by atoms with Crippen LogP contribution >= 0.6 is 0 Å². The first kappa shape index (κ1) is 22.9. The van der Waals surface area contributed by atoms with Gasteiger partial charge in [0.15, 0.2) is 5.65 Å². The Morgan fingerprint density at radius 1 is 1.03 bits per heavy atom. The van der Waals surface area contributed by atoms with Crippen LogP contribution < -0.4 is 11.1 Å². The Hall–Kier alpha value is -3.88. The van der Waals surface area contributed by atoms with Gasteiger partial charge in [-0.3, -0.25) is 9.36 Å². The molecule has 4 aromatic rings. The molecule has 0 saturated carbocycles. The molecule has 180 valence electrons. The monoisotopic (exact) mass is 479 g/mol. The second kappa shape index (κ2) is 9.05. The molecule has 1 amide bonds. The van der Waals surface area contributed by atoms with E-state index in [1.54, 1.807) is 12.1 Å². The number of hydrogen-bond donors (Lipinski definition) is 2. The van der Waals surface area contributed by atoms with Crippen LogP contribution in [0, 0.1) is 0 Å². The van der Waals surface area contributed by atoms with E-state index < -0.39 is 11.7 Å². The van der Waals surface area contributed by atoms with Gasteiger partial charge in [-0.2, -0.15) is 13.2 Å². The number of halogens is 3. The minimum Gasteiger partial charge on any atom is -0.384 e. The number of carbonyl (C=O) groups excluding carboxylic acids is 1. The van der Waals surface area contributed by atoms with Crippen LogP contribution in [-0.2, 0) is 6.18 Å². The summed E-state index contributed by atoms with van der Waals surface area (Å²) < 4.78 is 40.7. The van der Waals surface area contributed by atoms with Gasteiger partial charge in [-0.25, -0.2) is 9.97 Å². The maximum Gasteiger partial charge on any atom is 0.416 e. The summed E-state index contributed by atoms with van der Waals surface area (Å²) in [4.78, 5) is 22.5. The summed E-state index contributed by atoms with van der Waals surface area (Å²) >= 11 is 0. The summed E-state index contributed by atoms with van der Waals surface area (Å²) in [6, 6.07) is 11.8. The van der Waals surface area contributed by atoms with Crippen molar-refractivity contribution in [3.63, 3.8) is 0 Å². The van der Waals surface area contributed by atoms with Crippen molar-refractivity contribution in [2.45, 2.75) is 38.3 Å². The van der Waals surface area contributed by atoms with E-state index in [1.165, 1.54) is 28.7 Å². The highest BCUT2D eigenvalue weighted by Crippen LogP contribution is 2.33. The fraction of sp³-hybridized carbons (Fsp3) is 0.269. The number of anilines is 1. The number of fused-ring (bicyclic) bond motifs is 2. The molecule has 5 rings (SSSR count). The van der Waals surface area contributed by atoms with Gasteiger partial charge in [0.1, 0.15) is 16.9 Å². The van der Waals surface area contributed by atoms with E-state index in [0.29, 0.717) is 34.4 Å². The summed E-state index contributed by atoms with van der Waals surface area (Å²) in [5.74, 6) is -0.316. The van der Waals surface area contributed by atoms with Crippen LogP contribution in [0.5, 0.6) is 0 Å². The summed E-state index contributed by atoms with van der Waals surface area (Å²) in [5, 5.41) is 2.93. The van der Waals surface area contributed by atoms with E-state index in [-0.39, 0.29) is 17.3 Å². The first-order valence-corrected chi connectivity index (χ1v) is 11.5. The number of allylic oxidation sites excluding steroid dienone is 1. The van der Waals surface area contributed by atoms with Crippen LogP contribution in [0.4, 0.5) is 19.0 Å². The zero-order valence-corrected chi connectivity index (χ0v) is 18.9. The molecule has 0 bridgehead atoms. The molecule has 2 aromatic carbocycles. The minimum atomic E-state index is -4.46. The van der Waals surface area contributed by atoms with Crippen molar-refractivity contribution in [1.29, 1.82) is 0 Å². The van der Waals surface area contributed by atoms with Crippen molar-refractivity contribution in [1.82, 2.24) is 19.9 Å². The highest BCUT2D eigenvalue weighted by Gasteiger charge is 2.31. The fourth-order valence-electron chi connectivity index (χ4n) is 4.50. The number of rotatable bonds is 5. The van der Waals surface area contributed by atoms with Crippen LogP contribution in [0.1, 0.15) is 48.0 Å². The normalized spacial score (nSPS) is 14.3. The van der Waals surface area contributed by atoms with Crippen molar-refractivity contribution in [2.24, 2.45) is 0 Å². The predicted octanol–water partition coefficient (Wildman–Crippen LogP) is 5.80. The highest BCUT2D eigenvalue weighted by molar-refractivity contribution is 6.11. The molecule has 0 saturated heterocycles. The van der Waals surface area contributed by atoms with Crippen LogP contribution in [0.2, 0.25) is 0 Å². The topological polar surface area (TPSA) is 85.8 Å². The van der Waals surface area contributed by atoms with Gasteiger partial charge in [0.25, 0.3) is 5.91 Å². The van der Waals surface area contributed by atoms with Crippen LogP contribution in [-0.4, -0.2) is 27.0 Å². The molecule has 6 nitrogen and oxygen atoms in total. The lowest BCUT2D eigenvalue weighted by atomic mass is 9.97. The number of benzene rings is 2. The standard InChI is InChI=1S/C26H24F3N5O/c27-26(28,29)17-10-12-18(13-11-17)34-23(30)21(25(35)31-15-14-16-6-2-1-3-7-16)22-24(34)33-20-9-5-4-8-19(20)32-22/h4-6,8-13H,1-3,7,14-15,30H2,(H,31,35). The third-order valence-corrected chi connectivity index (χ3v) is 6.29. The molecule has 35 heavy (non-hydrogen) atoms. The van der Waals surface area contributed by atoms with E-state index in [1.807, 2.05) is 12.1 Å². The molecule has 9 heteroatoms. The first-order valence-electron chi connectivity index (χ1n) is 11.5. The number of hydrogen-bond acceptors (Lipinski definition) is 4. The van der Waals surface area contributed by atoms with Crippen molar-refractivity contribution in [2.75, 3.05) is 12.3 Å². The summed E-state index contributed by atoms with van der Waals surface area (Å²) in [5.41, 5.74) is 9.30. The fourth-order valence-corrected chi connectivity index (χ4v) is 4.50. The number of para-hydroxylation sites is 2. The van der Waals surface area contributed by atoms with Crippen molar-refractivity contribution >= 4 is 33.9 Å². The summed E-state index contributed by atoms with van der Waals surface area (Å²) in [6.45, 7) is 0.456. The van der Waals surface area contributed by atoms with Gasteiger partial charge in [0.2, 0.25) is 0 Å². The predicted molar refractivity (Wildman–Crippen MR) is 129 cm³/mol. The van der Waals surface area contributed by atoms with Gasteiger partial charge in [0, 0.05) is 12.2 Å². The molecule has 1 aliphatic rings. The molecule has 0 atom stereocenters. The third-order valence-electron chi connectivity index (χ3n) is 6.29. The largest absolute Gasteiger partial charge is 0.416 e. The number of amides is 1. The Bertz CT molecular complexity index is 1440. The van der Waals surface area contributed by atoms with Gasteiger partial charge >= 0.3 is 6.18 Å². The summed E-state index contributed by atoms with van der Waals surface area (Å²) in [6.07, 6.45) is 3.01. The number of nitrogens with two attached hydrogens (primary N) is 1. The van der Waals surface area contributed by atoms with Crippen molar-refractivity contribution < 1.29 is 18.0 Å².